The van der Waals surface area contributed by atoms with E-state index in [-0.39, 0.29) is 21.1 Å². The number of amides is 1. The van der Waals surface area contributed by atoms with E-state index in [0.717, 1.165) is 36.2 Å². The van der Waals surface area contributed by atoms with Gasteiger partial charge in [-0.2, -0.15) is 15.6 Å². The SMILES string of the molecule is COC(=O)c1sccc1S(=O)(=O)N1CCC2(CCN(C(=O)/C=C/c3ccsc3)CC2)C1. The topological polar surface area (TPSA) is 84.0 Å². The van der Waals surface area contributed by atoms with E-state index in [2.05, 4.69) is 0 Å². The van der Waals surface area contributed by atoms with Crippen LogP contribution in [-0.4, -0.2) is 62.8 Å². The highest BCUT2D eigenvalue weighted by molar-refractivity contribution is 7.89. The van der Waals surface area contributed by atoms with Gasteiger partial charge in [0.25, 0.3) is 0 Å². The van der Waals surface area contributed by atoms with Gasteiger partial charge in [0.05, 0.1) is 7.11 Å². The molecule has 2 aliphatic rings. The molecule has 10 heteroatoms. The van der Waals surface area contributed by atoms with Gasteiger partial charge < -0.3 is 9.64 Å². The van der Waals surface area contributed by atoms with Crippen LogP contribution in [0, 0.1) is 5.41 Å². The Labute approximate surface area is 190 Å². The number of nitrogens with zero attached hydrogens (tertiary/aromatic N) is 2. The second kappa shape index (κ2) is 8.85. The Hall–Kier alpha value is -2.01. The van der Waals surface area contributed by atoms with Crippen molar-refractivity contribution in [2.75, 3.05) is 33.3 Å². The largest absolute Gasteiger partial charge is 0.465 e. The molecule has 2 aromatic rings. The zero-order chi connectivity index (χ0) is 22.1. The van der Waals surface area contributed by atoms with Crippen LogP contribution in [0.15, 0.2) is 39.2 Å². The van der Waals surface area contributed by atoms with Crippen molar-refractivity contribution in [2.24, 2.45) is 5.41 Å². The normalized spacial score (nSPS) is 19.3. The van der Waals surface area contributed by atoms with Crippen molar-refractivity contribution in [3.8, 4) is 0 Å². The van der Waals surface area contributed by atoms with Gasteiger partial charge in [0.15, 0.2) is 0 Å². The highest BCUT2D eigenvalue weighted by Gasteiger charge is 2.45. The molecule has 31 heavy (non-hydrogen) atoms. The van der Waals surface area contributed by atoms with Crippen molar-refractivity contribution in [1.29, 1.82) is 0 Å². The number of hydrogen-bond acceptors (Lipinski definition) is 7. The summed E-state index contributed by atoms with van der Waals surface area (Å²) in [5.41, 5.74) is 0.894. The fourth-order valence-electron chi connectivity index (χ4n) is 4.23. The van der Waals surface area contributed by atoms with E-state index in [4.69, 9.17) is 4.74 Å². The summed E-state index contributed by atoms with van der Waals surface area (Å²) < 4.78 is 32.6. The third kappa shape index (κ3) is 4.48. The summed E-state index contributed by atoms with van der Waals surface area (Å²) in [5.74, 6) is -0.644. The summed E-state index contributed by atoms with van der Waals surface area (Å²) in [7, 11) is -2.52. The second-order valence-electron chi connectivity index (χ2n) is 7.91. The van der Waals surface area contributed by atoms with Gasteiger partial charge in [-0.25, -0.2) is 13.2 Å². The van der Waals surface area contributed by atoms with Crippen molar-refractivity contribution >= 4 is 50.6 Å². The molecule has 1 spiro atoms. The maximum atomic E-state index is 13.2. The Bertz CT molecular complexity index is 1080. The van der Waals surface area contributed by atoms with Crippen LogP contribution in [0.4, 0.5) is 0 Å². The zero-order valence-corrected chi connectivity index (χ0v) is 19.6. The molecule has 0 radical (unpaired) electrons. The van der Waals surface area contributed by atoms with Crippen LogP contribution < -0.4 is 0 Å². The quantitative estimate of drug-likeness (QED) is 0.484. The number of methoxy groups -OCH3 is 1. The monoisotopic (exact) mass is 480 g/mol. The lowest BCUT2D eigenvalue weighted by Gasteiger charge is -2.39. The van der Waals surface area contributed by atoms with Gasteiger partial charge in [0, 0.05) is 32.3 Å². The molecule has 2 aromatic heterocycles. The fourth-order valence-corrected chi connectivity index (χ4v) is 7.72. The first-order valence-corrected chi connectivity index (χ1v) is 13.3. The molecule has 0 N–H and O–H groups in total. The van der Waals surface area contributed by atoms with Crippen molar-refractivity contribution in [2.45, 2.75) is 24.2 Å². The molecule has 0 aromatic carbocycles. The van der Waals surface area contributed by atoms with Crippen LogP contribution in [0.3, 0.4) is 0 Å². The fraction of sp³-hybridized carbons (Fsp3) is 0.429. The number of hydrogen-bond donors (Lipinski definition) is 0. The average Bonchev–Trinajstić information content (AvgIpc) is 3.53. The van der Waals surface area contributed by atoms with Gasteiger partial charge in [0.1, 0.15) is 9.77 Å². The Balaban J connectivity index is 1.40. The molecule has 0 bridgehead atoms. The molecule has 2 saturated heterocycles. The number of carbonyl (C=O) groups excluding carboxylic acids is 2. The first kappa shape index (κ1) is 22.2. The highest BCUT2D eigenvalue weighted by Crippen LogP contribution is 2.42. The molecule has 0 unspecified atom stereocenters. The predicted octanol–water partition coefficient (Wildman–Crippen LogP) is 3.31. The number of sulfonamides is 1. The molecule has 0 atom stereocenters. The van der Waals surface area contributed by atoms with E-state index >= 15 is 0 Å². The first-order valence-electron chi connectivity index (χ1n) is 10.00. The summed E-state index contributed by atoms with van der Waals surface area (Å²) in [4.78, 5) is 26.4. The van der Waals surface area contributed by atoms with Crippen LogP contribution >= 0.6 is 22.7 Å². The number of rotatable bonds is 5. The average molecular weight is 481 g/mol. The van der Waals surface area contributed by atoms with Crippen LogP contribution in [0.1, 0.15) is 34.5 Å². The minimum absolute atomic E-state index is 0.00971. The highest BCUT2D eigenvalue weighted by atomic mass is 32.2. The van der Waals surface area contributed by atoms with Crippen LogP contribution in [0.5, 0.6) is 0 Å². The number of carbonyl (C=O) groups is 2. The van der Waals surface area contributed by atoms with E-state index in [9.17, 15) is 18.0 Å². The molecule has 1 amide bonds. The third-order valence-electron chi connectivity index (χ3n) is 6.12. The van der Waals surface area contributed by atoms with Crippen molar-refractivity contribution < 1.29 is 22.7 Å². The van der Waals surface area contributed by atoms with Gasteiger partial charge >= 0.3 is 5.97 Å². The maximum Gasteiger partial charge on any atom is 0.349 e. The van der Waals surface area contributed by atoms with Gasteiger partial charge in [-0.3, -0.25) is 4.79 Å². The van der Waals surface area contributed by atoms with Crippen LogP contribution in [-0.2, 0) is 19.6 Å². The number of likely N-dealkylation sites (tertiary alicyclic amines) is 1. The van der Waals surface area contributed by atoms with Gasteiger partial charge in [-0.05, 0) is 64.6 Å². The molecule has 0 saturated carbocycles. The lowest BCUT2D eigenvalue weighted by molar-refractivity contribution is -0.128. The lowest BCUT2D eigenvalue weighted by atomic mass is 9.78. The van der Waals surface area contributed by atoms with Gasteiger partial charge in [0.2, 0.25) is 15.9 Å². The Morgan fingerprint density at radius 1 is 1.13 bits per heavy atom. The summed E-state index contributed by atoms with van der Waals surface area (Å²) in [6.45, 7) is 2.07. The maximum absolute atomic E-state index is 13.2. The third-order valence-corrected chi connectivity index (χ3v) is 9.73. The molecule has 4 heterocycles. The molecular weight excluding hydrogens is 456 g/mol. The summed E-state index contributed by atoms with van der Waals surface area (Å²) in [6, 6.07) is 3.44. The lowest BCUT2D eigenvalue weighted by Crippen LogP contribution is -2.44. The van der Waals surface area contributed by atoms with E-state index in [0.29, 0.717) is 26.2 Å². The molecule has 4 rings (SSSR count). The Morgan fingerprint density at radius 3 is 2.55 bits per heavy atom. The smallest absolute Gasteiger partial charge is 0.349 e. The Morgan fingerprint density at radius 2 is 1.87 bits per heavy atom. The zero-order valence-electron chi connectivity index (χ0n) is 17.2. The molecule has 2 aliphatic heterocycles. The summed E-state index contributed by atoms with van der Waals surface area (Å²) in [6.07, 6.45) is 5.73. The molecule has 7 nitrogen and oxygen atoms in total. The predicted molar refractivity (Wildman–Crippen MR) is 121 cm³/mol. The number of ether oxygens (including phenoxy) is 1. The summed E-state index contributed by atoms with van der Waals surface area (Å²) >= 11 is 2.66. The molecule has 2 fully saturated rings. The standard InChI is InChI=1S/C21H24N2O5S3/c1-28-20(25)19-17(5-13-30-19)31(26,27)23-11-8-21(15-23)6-9-22(10-7-21)18(24)3-2-16-4-12-29-14-16/h2-5,12-14H,6-11,15H2,1H3/b3-2+. The molecule has 166 valence electrons. The second-order valence-corrected chi connectivity index (χ2v) is 11.5. The minimum Gasteiger partial charge on any atom is -0.465 e. The molecule has 0 aliphatic carbocycles. The minimum atomic E-state index is -3.77. The number of thiophene rings is 2. The van der Waals surface area contributed by atoms with E-state index in [1.807, 2.05) is 27.8 Å². The molecular formula is C21H24N2O5S3. The number of piperidine rings is 1. The van der Waals surface area contributed by atoms with Crippen LogP contribution in [0.25, 0.3) is 6.08 Å². The van der Waals surface area contributed by atoms with Crippen molar-refractivity contribution in [1.82, 2.24) is 9.21 Å². The van der Waals surface area contributed by atoms with Crippen molar-refractivity contribution in [3.63, 3.8) is 0 Å². The van der Waals surface area contributed by atoms with Crippen molar-refractivity contribution in [3.05, 3.63) is 44.8 Å². The van der Waals surface area contributed by atoms with E-state index in [1.54, 1.807) is 22.8 Å². The van der Waals surface area contributed by atoms with E-state index < -0.39 is 16.0 Å². The van der Waals surface area contributed by atoms with Gasteiger partial charge in [-0.15, -0.1) is 11.3 Å². The summed E-state index contributed by atoms with van der Waals surface area (Å²) in [5, 5.41) is 5.55. The Kier molecular flexibility index (Phi) is 6.34. The van der Waals surface area contributed by atoms with Crippen LogP contribution in [0.2, 0.25) is 0 Å². The van der Waals surface area contributed by atoms with E-state index in [1.165, 1.54) is 17.5 Å². The number of esters is 1. The first-order chi connectivity index (χ1) is 14.8. The van der Waals surface area contributed by atoms with Gasteiger partial charge in [-0.1, -0.05) is 0 Å².